The lowest BCUT2D eigenvalue weighted by atomic mass is 10.1. The molecule has 22 heavy (non-hydrogen) atoms. The number of piperidine rings is 1. The average Bonchev–Trinajstić information content (AvgIpc) is 2.98. The first-order chi connectivity index (χ1) is 10.4. The summed E-state index contributed by atoms with van der Waals surface area (Å²) in [7, 11) is 0. The Kier molecular flexibility index (Phi) is 3.59. The van der Waals surface area contributed by atoms with Crippen LogP contribution in [0.1, 0.15) is 25.2 Å². The van der Waals surface area contributed by atoms with Crippen LogP contribution in [0, 0.1) is 0 Å². The molecule has 0 bridgehead atoms. The number of hydrogen-bond donors (Lipinski definition) is 0. The van der Waals surface area contributed by atoms with Gasteiger partial charge in [0.2, 0.25) is 11.7 Å². The molecule has 2 aromatic rings. The second kappa shape index (κ2) is 5.43. The maximum Gasteiger partial charge on any atom is 0.471 e. The van der Waals surface area contributed by atoms with Gasteiger partial charge in [0.25, 0.3) is 0 Å². The van der Waals surface area contributed by atoms with Gasteiger partial charge < -0.3 is 9.42 Å². The van der Waals surface area contributed by atoms with E-state index in [9.17, 15) is 18.0 Å². The molecule has 3 rings (SSSR count). The normalized spacial score (nSPS) is 16.1. The summed E-state index contributed by atoms with van der Waals surface area (Å²) in [5.41, 5.74) is 1.11. The lowest BCUT2D eigenvalue weighted by Crippen LogP contribution is -2.35. The molecule has 1 aromatic carbocycles. The van der Waals surface area contributed by atoms with Gasteiger partial charge in [-0.25, -0.2) is 0 Å². The van der Waals surface area contributed by atoms with Crippen molar-refractivity contribution in [3.05, 3.63) is 30.2 Å². The Hall–Kier alpha value is -2.38. The molecule has 1 saturated heterocycles. The first kappa shape index (κ1) is 14.6. The lowest BCUT2D eigenvalue weighted by Gasteiger charge is -2.26. The Morgan fingerprint density at radius 3 is 2.45 bits per heavy atom. The summed E-state index contributed by atoms with van der Waals surface area (Å²) < 4.78 is 41.5. The molecule has 116 valence electrons. The number of rotatable bonds is 2. The SMILES string of the molecule is O=C1CCCCN1c1ccc(-c2noc(C(F)(F)F)n2)cc1. The van der Waals surface area contributed by atoms with Gasteiger partial charge in [0.05, 0.1) is 0 Å². The molecular formula is C14H12F3N3O2. The lowest BCUT2D eigenvalue weighted by molar-refractivity contribution is -0.159. The number of benzene rings is 1. The third-order valence-electron chi connectivity index (χ3n) is 3.43. The van der Waals surface area contributed by atoms with E-state index < -0.39 is 12.1 Å². The molecular weight excluding hydrogens is 299 g/mol. The maximum absolute atomic E-state index is 12.4. The van der Waals surface area contributed by atoms with Gasteiger partial charge in [0, 0.05) is 24.2 Å². The van der Waals surface area contributed by atoms with Crippen molar-refractivity contribution in [1.82, 2.24) is 10.1 Å². The minimum atomic E-state index is -4.66. The quantitative estimate of drug-likeness (QED) is 0.854. The first-order valence-electron chi connectivity index (χ1n) is 6.77. The topological polar surface area (TPSA) is 59.2 Å². The van der Waals surface area contributed by atoms with Crippen LogP contribution in [0.3, 0.4) is 0 Å². The highest BCUT2D eigenvalue weighted by atomic mass is 19.4. The largest absolute Gasteiger partial charge is 0.471 e. The highest BCUT2D eigenvalue weighted by Crippen LogP contribution is 2.30. The fourth-order valence-corrected chi connectivity index (χ4v) is 2.33. The van der Waals surface area contributed by atoms with Crippen molar-refractivity contribution in [3.63, 3.8) is 0 Å². The number of amides is 1. The van der Waals surface area contributed by atoms with Crippen LogP contribution in [-0.2, 0) is 11.0 Å². The van der Waals surface area contributed by atoms with E-state index in [0.717, 1.165) is 12.8 Å². The Morgan fingerprint density at radius 1 is 1.14 bits per heavy atom. The van der Waals surface area contributed by atoms with E-state index in [4.69, 9.17) is 0 Å². The Morgan fingerprint density at radius 2 is 1.86 bits per heavy atom. The summed E-state index contributed by atoms with van der Waals surface area (Å²) in [6.07, 6.45) is -2.32. The van der Waals surface area contributed by atoms with Crippen molar-refractivity contribution in [2.45, 2.75) is 25.4 Å². The van der Waals surface area contributed by atoms with Gasteiger partial charge in [0.15, 0.2) is 0 Å². The van der Waals surface area contributed by atoms with Crippen molar-refractivity contribution in [1.29, 1.82) is 0 Å². The highest BCUT2D eigenvalue weighted by Gasteiger charge is 2.38. The average molecular weight is 311 g/mol. The van der Waals surface area contributed by atoms with E-state index in [1.807, 2.05) is 0 Å². The molecule has 1 aromatic heterocycles. The molecule has 1 amide bonds. The summed E-state index contributed by atoms with van der Waals surface area (Å²) in [4.78, 5) is 16.8. The summed E-state index contributed by atoms with van der Waals surface area (Å²) >= 11 is 0. The van der Waals surface area contributed by atoms with Crippen LogP contribution in [0.25, 0.3) is 11.4 Å². The number of halogens is 3. The number of carbonyl (C=O) groups excluding carboxylic acids is 1. The number of aromatic nitrogens is 2. The Balaban J connectivity index is 1.82. The minimum absolute atomic E-state index is 0.0536. The third kappa shape index (κ3) is 2.81. The van der Waals surface area contributed by atoms with Gasteiger partial charge in [-0.1, -0.05) is 5.16 Å². The maximum atomic E-state index is 12.4. The van der Waals surface area contributed by atoms with E-state index in [2.05, 4.69) is 14.7 Å². The Labute approximate surface area is 123 Å². The second-order valence-corrected chi connectivity index (χ2v) is 4.97. The van der Waals surface area contributed by atoms with Crippen molar-refractivity contribution in [3.8, 4) is 11.4 Å². The van der Waals surface area contributed by atoms with Gasteiger partial charge in [-0.15, -0.1) is 0 Å². The van der Waals surface area contributed by atoms with E-state index in [0.29, 0.717) is 24.2 Å². The minimum Gasteiger partial charge on any atom is -0.329 e. The smallest absolute Gasteiger partial charge is 0.329 e. The fraction of sp³-hybridized carbons (Fsp3) is 0.357. The van der Waals surface area contributed by atoms with Gasteiger partial charge in [-0.05, 0) is 37.1 Å². The standard InChI is InChI=1S/C14H12F3N3O2/c15-14(16,17)13-18-12(19-22-13)9-4-6-10(7-5-9)20-8-2-1-3-11(20)21/h4-7H,1-3,8H2. The molecule has 0 unspecified atom stereocenters. The fourth-order valence-electron chi connectivity index (χ4n) is 2.33. The summed E-state index contributed by atoms with van der Waals surface area (Å²) in [5.74, 6) is -1.46. The Bertz CT molecular complexity index is 679. The zero-order valence-electron chi connectivity index (χ0n) is 11.4. The van der Waals surface area contributed by atoms with Gasteiger partial charge in [0.1, 0.15) is 0 Å². The molecule has 0 spiro atoms. The van der Waals surface area contributed by atoms with Crippen LogP contribution >= 0.6 is 0 Å². The predicted octanol–water partition coefficient (Wildman–Crippen LogP) is 3.27. The molecule has 8 heteroatoms. The number of alkyl halides is 3. The van der Waals surface area contributed by atoms with Gasteiger partial charge >= 0.3 is 12.1 Å². The third-order valence-corrected chi connectivity index (χ3v) is 3.43. The predicted molar refractivity (Wildman–Crippen MR) is 70.9 cm³/mol. The van der Waals surface area contributed by atoms with Crippen molar-refractivity contribution >= 4 is 11.6 Å². The van der Waals surface area contributed by atoms with Crippen molar-refractivity contribution in [2.75, 3.05) is 11.4 Å². The monoisotopic (exact) mass is 311 g/mol. The molecule has 0 atom stereocenters. The van der Waals surface area contributed by atoms with E-state index in [1.54, 1.807) is 29.2 Å². The van der Waals surface area contributed by atoms with E-state index >= 15 is 0 Å². The molecule has 1 fully saturated rings. The van der Waals surface area contributed by atoms with E-state index in [-0.39, 0.29) is 11.7 Å². The van der Waals surface area contributed by atoms with Crippen molar-refractivity contribution < 1.29 is 22.5 Å². The number of carbonyl (C=O) groups is 1. The van der Waals surface area contributed by atoms with Crippen LogP contribution in [0.2, 0.25) is 0 Å². The van der Waals surface area contributed by atoms with Crippen LogP contribution < -0.4 is 4.90 Å². The van der Waals surface area contributed by atoms with Crippen molar-refractivity contribution in [2.24, 2.45) is 0 Å². The zero-order valence-corrected chi connectivity index (χ0v) is 11.4. The summed E-state index contributed by atoms with van der Waals surface area (Å²) in [6.45, 7) is 0.651. The molecule has 5 nitrogen and oxygen atoms in total. The van der Waals surface area contributed by atoms with E-state index in [1.165, 1.54) is 0 Å². The zero-order chi connectivity index (χ0) is 15.7. The van der Waals surface area contributed by atoms with Crippen LogP contribution in [-0.4, -0.2) is 22.6 Å². The number of anilines is 1. The first-order valence-corrected chi connectivity index (χ1v) is 6.77. The molecule has 0 N–H and O–H groups in total. The van der Waals surface area contributed by atoms with Crippen LogP contribution in [0.15, 0.2) is 28.8 Å². The summed E-state index contributed by atoms with van der Waals surface area (Å²) in [6, 6.07) is 6.48. The second-order valence-electron chi connectivity index (χ2n) is 4.97. The van der Waals surface area contributed by atoms with Crippen LogP contribution in [0.4, 0.5) is 18.9 Å². The van der Waals surface area contributed by atoms with Gasteiger partial charge in [-0.3, -0.25) is 4.79 Å². The summed E-state index contributed by atoms with van der Waals surface area (Å²) in [5, 5.41) is 3.32. The molecule has 2 heterocycles. The van der Waals surface area contributed by atoms with Gasteiger partial charge in [-0.2, -0.15) is 18.2 Å². The molecule has 1 aliphatic heterocycles. The molecule has 0 aliphatic carbocycles. The molecule has 0 saturated carbocycles. The van der Waals surface area contributed by atoms with Crippen LogP contribution in [0.5, 0.6) is 0 Å². The molecule has 1 aliphatic rings. The number of nitrogens with zero attached hydrogens (tertiary/aromatic N) is 3. The number of hydrogen-bond acceptors (Lipinski definition) is 4. The molecule has 0 radical (unpaired) electrons. The highest BCUT2D eigenvalue weighted by molar-refractivity contribution is 5.94.